The van der Waals surface area contributed by atoms with Gasteiger partial charge in [-0.1, -0.05) is 24.3 Å². The fraction of sp³-hybridized carbons (Fsp3) is 0.588. The number of urea groups is 1. The van der Waals surface area contributed by atoms with E-state index in [2.05, 4.69) is 34.9 Å². The van der Waals surface area contributed by atoms with Gasteiger partial charge in [-0.3, -0.25) is 0 Å². The van der Waals surface area contributed by atoms with E-state index in [-0.39, 0.29) is 12.1 Å². The van der Waals surface area contributed by atoms with Crippen LogP contribution in [0.3, 0.4) is 0 Å². The van der Waals surface area contributed by atoms with Gasteiger partial charge in [-0.05, 0) is 49.1 Å². The molecule has 0 aromatic heterocycles. The lowest BCUT2D eigenvalue weighted by atomic mass is 10.00. The van der Waals surface area contributed by atoms with E-state index in [9.17, 15) is 4.79 Å². The van der Waals surface area contributed by atoms with E-state index in [0.29, 0.717) is 12.5 Å². The topological polar surface area (TPSA) is 50.4 Å². The van der Waals surface area contributed by atoms with Gasteiger partial charge in [0.15, 0.2) is 0 Å². The van der Waals surface area contributed by atoms with Crippen molar-refractivity contribution in [2.75, 3.05) is 19.8 Å². The number of amides is 2. The highest BCUT2D eigenvalue weighted by Crippen LogP contribution is 2.23. The van der Waals surface area contributed by atoms with Gasteiger partial charge in [0.1, 0.15) is 0 Å². The van der Waals surface area contributed by atoms with Crippen LogP contribution in [0.4, 0.5) is 4.79 Å². The predicted octanol–water partition coefficient (Wildman–Crippen LogP) is 2.27. The van der Waals surface area contributed by atoms with Crippen LogP contribution in [-0.2, 0) is 17.6 Å². The SMILES string of the molecule is O=C(NCC1CCc2ccccc2CC1)N[C@@H]1CCOC1. The maximum absolute atomic E-state index is 11.9. The highest BCUT2D eigenvalue weighted by Gasteiger charge is 2.19. The molecule has 0 saturated carbocycles. The number of carbonyl (C=O) groups is 1. The summed E-state index contributed by atoms with van der Waals surface area (Å²) >= 11 is 0. The van der Waals surface area contributed by atoms with Crippen molar-refractivity contribution in [1.29, 1.82) is 0 Å². The quantitative estimate of drug-likeness (QED) is 0.838. The molecule has 4 heteroatoms. The van der Waals surface area contributed by atoms with Crippen LogP contribution in [0.25, 0.3) is 0 Å². The summed E-state index contributed by atoms with van der Waals surface area (Å²) in [4.78, 5) is 11.9. The molecule has 0 bridgehead atoms. The van der Waals surface area contributed by atoms with Crippen LogP contribution < -0.4 is 10.6 Å². The second-order valence-electron chi connectivity index (χ2n) is 6.13. The summed E-state index contributed by atoms with van der Waals surface area (Å²) in [6, 6.07) is 8.84. The Kier molecular flexibility index (Phi) is 4.76. The summed E-state index contributed by atoms with van der Waals surface area (Å²) in [5, 5.41) is 6.00. The van der Waals surface area contributed by atoms with Gasteiger partial charge in [0.2, 0.25) is 0 Å². The van der Waals surface area contributed by atoms with Gasteiger partial charge >= 0.3 is 6.03 Å². The lowest BCUT2D eigenvalue weighted by Gasteiger charge is -2.17. The van der Waals surface area contributed by atoms with E-state index >= 15 is 0 Å². The number of nitrogens with one attached hydrogen (secondary N) is 2. The van der Waals surface area contributed by atoms with Crippen LogP contribution in [0.5, 0.6) is 0 Å². The zero-order valence-electron chi connectivity index (χ0n) is 12.4. The van der Waals surface area contributed by atoms with E-state index in [0.717, 1.165) is 45.3 Å². The first-order chi connectivity index (χ1) is 10.3. The van der Waals surface area contributed by atoms with Crippen LogP contribution in [-0.4, -0.2) is 31.8 Å². The average molecular weight is 288 g/mol. The first kappa shape index (κ1) is 14.4. The maximum atomic E-state index is 11.9. The Balaban J connectivity index is 1.43. The molecular weight excluding hydrogens is 264 g/mol. The monoisotopic (exact) mass is 288 g/mol. The Morgan fingerprint density at radius 2 is 1.86 bits per heavy atom. The second-order valence-corrected chi connectivity index (χ2v) is 6.13. The van der Waals surface area contributed by atoms with Crippen molar-refractivity contribution >= 4 is 6.03 Å². The number of aryl methyl sites for hydroxylation is 2. The molecule has 2 amide bonds. The zero-order chi connectivity index (χ0) is 14.5. The van der Waals surface area contributed by atoms with Crippen molar-refractivity contribution in [1.82, 2.24) is 10.6 Å². The van der Waals surface area contributed by atoms with E-state index in [4.69, 9.17) is 4.74 Å². The third kappa shape index (κ3) is 3.97. The number of fused-ring (bicyclic) bond motifs is 1. The van der Waals surface area contributed by atoms with Gasteiger partial charge in [-0.2, -0.15) is 0 Å². The third-order valence-electron chi connectivity index (χ3n) is 4.58. The summed E-state index contributed by atoms with van der Waals surface area (Å²) in [5.41, 5.74) is 2.96. The van der Waals surface area contributed by atoms with Gasteiger partial charge < -0.3 is 15.4 Å². The maximum Gasteiger partial charge on any atom is 0.315 e. The van der Waals surface area contributed by atoms with Crippen LogP contribution in [0, 0.1) is 5.92 Å². The summed E-state index contributed by atoms with van der Waals surface area (Å²) in [6.45, 7) is 2.17. The van der Waals surface area contributed by atoms with Crippen LogP contribution in [0.15, 0.2) is 24.3 Å². The molecule has 0 spiro atoms. The Morgan fingerprint density at radius 1 is 1.14 bits per heavy atom. The number of ether oxygens (including phenoxy) is 1. The van der Waals surface area contributed by atoms with Gasteiger partial charge in [-0.25, -0.2) is 4.79 Å². The molecule has 0 unspecified atom stereocenters. The molecule has 2 aliphatic rings. The first-order valence-electron chi connectivity index (χ1n) is 8.00. The van der Waals surface area contributed by atoms with Crippen molar-refractivity contribution in [2.24, 2.45) is 5.92 Å². The lowest BCUT2D eigenvalue weighted by Crippen LogP contribution is -2.43. The molecule has 3 rings (SSSR count). The molecule has 1 aromatic carbocycles. The molecule has 1 heterocycles. The number of benzene rings is 1. The van der Waals surface area contributed by atoms with Crippen molar-refractivity contribution in [3.8, 4) is 0 Å². The summed E-state index contributed by atoms with van der Waals surface area (Å²) in [6.07, 6.45) is 5.49. The fourth-order valence-electron chi connectivity index (χ4n) is 3.23. The second kappa shape index (κ2) is 6.94. The first-order valence-corrected chi connectivity index (χ1v) is 8.00. The molecule has 1 aliphatic carbocycles. The minimum atomic E-state index is -0.0488. The third-order valence-corrected chi connectivity index (χ3v) is 4.58. The summed E-state index contributed by atoms with van der Waals surface area (Å²) < 4.78 is 5.26. The lowest BCUT2D eigenvalue weighted by molar-refractivity contribution is 0.188. The molecule has 1 aliphatic heterocycles. The van der Waals surface area contributed by atoms with E-state index < -0.39 is 0 Å². The number of carbonyl (C=O) groups excluding carboxylic acids is 1. The Bertz CT molecular complexity index is 456. The average Bonchev–Trinajstić information content (AvgIpc) is 2.91. The van der Waals surface area contributed by atoms with Crippen LogP contribution in [0.1, 0.15) is 30.4 Å². The standard InChI is InChI=1S/C17H24N2O2/c20-17(19-16-9-10-21-12-16)18-11-13-5-7-14-3-1-2-4-15(14)8-6-13/h1-4,13,16H,5-12H2,(H2,18,19,20)/t16-/m1/s1. The number of hydrogen-bond donors (Lipinski definition) is 2. The molecule has 1 saturated heterocycles. The van der Waals surface area contributed by atoms with E-state index in [1.807, 2.05) is 0 Å². The molecule has 2 N–H and O–H groups in total. The highest BCUT2D eigenvalue weighted by atomic mass is 16.5. The number of rotatable bonds is 3. The molecular formula is C17H24N2O2. The minimum Gasteiger partial charge on any atom is -0.379 e. The van der Waals surface area contributed by atoms with Gasteiger partial charge in [0.25, 0.3) is 0 Å². The molecule has 1 aromatic rings. The molecule has 114 valence electrons. The van der Waals surface area contributed by atoms with E-state index in [1.165, 1.54) is 11.1 Å². The Labute approximate surface area is 126 Å². The van der Waals surface area contributed by atoms with Gasteiger partial charge in [0.05, 0.1) is 12.6 Å². The Hall–Kier alpha value is -1.55. The van der Waals surface area contributed by atoms with Crippen molar-refractivity contribution in [2.45, 2.75) is 38.1 Å². The smallest absolute Gasteiger partial charge is 0.315 e. The zero-order valence-corrected chi connectivity index (χ0v) is 12.4. The van der Waals surface area contributed by atoms with Crippen LogP contribution >= 0.6 is 0 Å². The van der Waals surface area contributed by atoms with Crippen LogP contribution in [0.2, 0.25) is 0 Å². The molecule has 21 heavy (non-hydrogen) atoms. The van der Waals surface area contributed by atoms with Gasteiger partial charge in [-0.15, -0.1) is 0 Å². The highest BCUT2D eigenvalue weighted by molar-refractivity contribution is 5.74. The number of hydrogen-bond acceptors (Lipinski definition) is 2. The molecule has 4 nitrogen and oxygen atoms in total. The summed E-state index contributed by atoms with van der Waals surface area (Å²) in [5.74, 6) is 0.572. The normalized spacial score (nSPS) is 22.4. The van der Waals surface area contributed by atoms with Crippen molar-refractivity contribution in [3.05, 3.63) is 35.4 Å². The van der Waals surface area contributed by atoms with Crippen molar-refractivity contribution < 1.29 is 9.53 Å². The molecule has 0 radical (unpaired) electrons. The fourth-order valence-corrected chi connectivity index (χ4v) is 3.23. The molecule has 1 fully saturated rings. The summed E-state index contributed by atoms with van der Waals surface area (Å²) in [7, 11) is 0. The molecule has 1 atom stereocenters. The van der Waals surface area contributed by atoms with Crippen molar-refractivity contribution in [3.63, 3.8) is 0 Å². The minimum absolute atomic E-state index is 0.0488. The predicted molar refractivity (Wildman–Crippen MR) is 82.3 cm³/mol. The van der Waals surface area contributed by atoms with Gasteiger partial charge in [0, 0.05) is 13.2 Å². The Morgan fingerprint density at radius 3 is 2.48 bits per heavy atom. The largest absolute Gasteiger partial charge is 0.379 e. The van der Waals surface area contributed by atoms with E-state index in [1.54, 1.807) is 0 Å².